The molecule has 5 nitrogen and oxygen atoms in total. The van der Waals surface area contributed by atoms with Crippen molar-refractivity contribution in [3.8, 4) is 0 Å². The van der Waals surface area contributed by atoms with Gasteiger partial charge in [-0.05, 0) is 25.8 Å². The average Bonchev–Trinajstić information content (AvgIpc) is 2.78. The van der Waals surface area contributed by atoms with E-state index in [9.17, 15) is 9.59 Å². The van der Waals surface area contributed by atoms with Crippen LogP contribution in [0, 0.1) is 0 Å². The maximum Gasteiger partial charge on any atom is 0.326 e. The molecule has 0 spiro atoms. The van der Waals surface area contributed by atoms with Crippen LogP contribution in [0.3, 0.4) is 0 Å². The van der Waals surface area contributed by atoms with Gasteiger partial charge in [0.05, 0.1) is 6.04 Å². The quantitative estimate of drug-likeness (QED) is 0.603. The third-order valence-corrected chi connectivity index (χ3v) is 3.31. The van der Waals surface area contributed by atoms with Crippen LogP contribution in [-0.2, 0) is 9.59 Å². The molecule has 1 saturated heterocycles. The van der Waals surface area contributed by atoms with Crippen LogP contribution in [0.2, 0.25) is 0 Å². The number of rotatable bonds is 6. The first-order valence-electron chi connectivity index (χ1n) is 5.99. The lowest BCUT2D eigenvalue weighted by atomic mass is 10.2. The summed E-state index contributed by atoms with van der Waals surface area (Å²) in [5.41, 5.74) is 0. The number of amides is 1. The Bertz CT molecular complexity index is 286. The van der Waals surface area contributed by atoms with E-state index in [0.717, 1.165) is 19.4 Å². The molecule has 1 heterocycles. The molecule has 0 aromatic carbocycles. The number of nitrogens with one attached hydrogen (secondary N) is 1. The smallest absolute Gasteiger partial charge is 0.326 e. The second-order valence-electron chi connectivity index (χ2n) is 4.22. The van der Waals surface area contributed by atoms with Gasteiger partial charge in [-0.25, -0.2) is 4.79 Å². The van der Waals surface area contributed by atoms with E-state index in [0.29, 0.717) is 18.7 Å². The molecule has 0 unspecified atom stereocenters. The van der Waals surface area contributed by atoms with Gasteiger partial charge in [-0.2, -0.15) is 12.6 Å². The monoisotopic (exact) mass is 260 g/mol. The Morgan fingerprint density at radius 2 is 2.29 bits per heavy atom. The summed E-state index contributed by atoms with van der Waals surface area (Å²) < 4.78 is 0. The summed E-state index contributed by atoms with van der Waals surface area (Å²) in [5.74, 6) is -0.663. The number of carbonyl (C=O) groups excluding carboxylic acids is 1. The normalized spacial score (nSPS) is 21.5. The van der Waals surface area contributed by atoms with Gasteiger partial charge in [0, 0.05) is 12.3 Å². The highest BCUT2D eigenvalue weighted by atomic mass is 32.1. The Kier molecular flexibility index (Phi) is 5.77. The van der Waals surface area contributed by atoms with Gasteiger partial charge < -0.3 is 15.3 Å². The standard InChI is InChI=1S/C11H20N2O3S/c1-2-5-12-8(7-17)10(14)13-6-3-4-9(13)11(15)16/h8-9,12,17H,2-7H2,1H3,(H,15,16)/t8-,9-/m0/s1. The Labute approximate surface area is 107 Å². The molecule has 0 aromatic rings. The van der Waals surface area contributed by atoms with E-state index in [2.05, 4.69) is 17.9 Å². The minimum atomic E-state index is -0.913. The van der Waals surface area contributed by atoms with E-state index in [1.54, 1.807) is 0 Å². The third-order valence-electron chi connectivity index (χ3n) is 2.94. The van der Waals surface area contributed by atoms with Crippen molar-refractivity contribution in [2.45, 2.75) is 38.3 Å². The molecule has 1 fully saturated rings. The number of hydrogen-bond acceptors (Lipinski definition) is 4. The van der Waals surface area contributed by atoms with Gasteiger partial charge in [0.15, 0.2) is 0 Å². The van der Waals surface area contributed by atoms with Gasteiger partial charge >= 0.3 is 5.97 Å². The highest BCUT2D eigenvalue weighted by Crippen LogP contribution is 2.18. The Morgan fingerprint density at radius 1 is 1.59 bits per heavy atom. The molecular formula is C11H20N2O3S. The fraction of sp³-hybridized carbons (Fsp3) is 0.818. The van der Waals surface area contributed by atoms with Crippen LogP contribution in [0.15, 0.2) is 0 Å². The lowest BCUT2D eigenvalue weighted by Gasteiger charge is -2.26. The van der Waals surface area contributed by atoms with Crippen LogP contribution >= 0.6 is 12.6 Å². The molecule has 98 valence electrons. The summed E-state index contributed by atoms with van der Waals surface area (Å²) in [6.07, 6.45) is 2.24. The van der Waals surface area contributed by atoms with E-state index in [1.807, 2.05) is 6.92 Å². The number of carbonyl (C=O) groups is 2. The van der Waals surface area contributed by atoms with Gasteiger partial charge in [-0.1, -0.05) is 6.92 Å². The lowest BCUT2D eigenvalue weighted by Crippen LogP contribution is -2.51. The molecule has 2 N–H and O–H groups in total. The van der Waals surface area contributed by atoms with Gasteiger partial charge in [-0.3, -0.25) is 4.79 Å². The predicted octanol–water partition coefficient (Wildman–Crippen LogP) is 0.360. The van der Waals surface area contributed by atoms with Crippen molar-refractivity contribution >= 4 is 24.5 Å². The number of thiol groups is 1. The van der Waals surface area contributed by atoms with Crippen LogP contribution < -0.4 is 5.32 Å². The second kappa shape index (κ2) is 6.86. The van der Waals surface area contributed by atoms with E-state index in [1.165, 1.54) is 4.90 Å². The van der Waals surface area contributed by atoms with Crippen LogP contribution in [0.1, 0.15) is 26.2 Å². The molecule has 2 atom stereocenters. The molecule has 0 saturated carbocycles. The van der Waals surface area contributed by atoms with Crippen molar-refractivity contribution in [2.24, 2.45) is 0 Å². The molecule has 0 aromatic heterocycles. The fourth-order valence-corrected chi connectivity index (χ4v) is 2.32. The summed E-state index contributed by atoms with van der Waals surface area (Å²) in [7, 11) is 0. The number of aliphatic carboxylic acids is 1. The number of carboxylic acid groups (broad SMARTS) is 1. The van der Waals surface area contributed by atoms with Crippen molar-refractivity contribution < 1.29 is 14.7 Å². The minimum absolute atomic E-state index is 0.140. The van der Waals surface area contributed by atoms with Crippen molar-refractivity contribution in [1.82, 2.24) is 10.2 Å². The average molecular weight is 260 g/mol. The van der Waals surface area contributed by atoms with Gasteiger partial charge in [-0.15, -0.1) is 0 Å². The molecule has 1 aliphatic rings. The van der Waals surface area contributed by atoms with Crippen LogP contribution in [-0.4, -0.2) is 52.8 Å². The fourth-order valence-electron chi connectivity index (χ4n) is 2.04. The number of nitrogens with zero attached hydrogens (tertiary/aromatic N) is 1. The predicted molar refractivity (Wildman–Crippen MR) is 68.3 cm³/mol. The van der Waals surface area contributed by atoms with Crippen LogP contribution in [0.25, 0.3) is 0 Å². The summed E-state index contributed by atoms with van der Waals surface area (Å²) in [5, 5.41) is 12.1. The Morgan fingerprint density at radius 3 is 2.82 bits per heavy atom. The third kappa shape index (κ3) is 3.61. The van der Waals surface area contributed by atoms with Gasteiger partial charge in [0.2, 0.25) is 5.91 Å². The van der Waals surface area contributed by atoms with E-state index < -0.39 is 12.0 Å². The van der Waals surface area contributed by atoms with Crippen molar-refractivity contribution in [3.05, 3.63) is 0 Å². The molecule has 0 radical (unpaired) electrons. The molecule has 1 amide bonds. The van der Waals surface area contributed by atoms with Crippen LogP contribution in [0.4, 0.5) is 0 Å². The summed E-state index contributed by atoms with van der Waals surface area (Å²) in [6, 6.07) is -1.04. The van der Waals surface area contributed by atoms with Gasteiger partial charge in [0.1, 0.15) is 6.04 Å². The van der Waals surface area contributed by atoms with Crippen LogP contribution in [0.5, 0.6) is 0 Å². The maximum atomic E-state index is 12.1. The lowest BCUT2D eigenvalue weighted by molar-refractivity contribution is -0.148. The van der Waals surface area contributed by atoms with E-state index in [-0.39, 0.29) is 11.9 Å². The topological polar surface area (TPSA) is 69.6 Å². The van der Waals surface area contributed by atoms with Crippen molar-refractivity contribution in [1.29, 1.82) is 0 Å². The van der Waals surface area contributed by atoms with E-state index >= 15 is 0 Å². The molecule has 6 heteroatoms. The highest BCUT2D eigenvalue weighted by molar-refractivity contribution is 7.80. The maximum absolute atomic E-state index is 12.1. The minimum Gasteiger partial charge on any atom is -0.480 e. The van der Waals surface area contributed by atoms with Crippen molar-refractivity contribution in [2.75, 3.05) is 18.8 Å². The Hall–Kier alpha value is -0.750. The zero-order valence-electron chi connectivity index (χ0n) is 10.1. The SMILES string of the molecule is CCCN[C@@H](CS)C(=O)N1CCC[C@H]1C(=O)O. The summed E-state index contributed by atoms with van der Waals surface area (Å²) >= 11 is 4.14. The molecule has 0 bridgehead atoms. The molecule has 17 heavy (non-hydrogen) atoms. The number of likely N-dealkylation sites (tertiary alicyclic amines) is 1. The van der Waals surface area contributed by atoms with Crippen molar-refractivity contribution in [3.63, 3.8) is 0 Å². The first-order chi connectivity index (χ1) is 8.11. The van der Waals surface area contributed by atoms with E-state index in [4.69, 9.17) is 5.11 Å². The van der Waals surface area contributed by atoms with Gasteiger partial charge in [0.25, 0.3) is 0 Å². The molecule has 1 rings (SSSR count). The summed E-state index contributed by atoms with van der Waals surface area (Å²) in [4.78, 5) is 24.6. The summed E-state index contributed by atoms with van der Waals surface area (Å²) in [6.45, 7) is 3.29. The number of hydrogen-bond donors (Lipinski definition) is 3. The number of carboxylic acids is 1. The molecule has 1 aliphatic heterocycles. The largest absolute Gasteiger partial charge is 0.480 e. The highest BCUT2D eigenvalue weighted by Gasteiger charge is 2.36. The first kappa shape index (κ1) is 14.3. The second-order valence-corrected chi connectivity index (χ2v) is 4.58. The molecular weight excluding hydrogens is 240 g/mol. The first-order valence-corrected chi connectivity index (χ1v) is 6.62. The zero-order valence-corrected chi connectivity index (χ0v) is 10.9. The zero-order chi connectivity index (χ0) is 12.8. The molecule has 0 aliphatic carbocycles. The Balaban J connectivity index is 2.63.